The van der Waals surface area contributed by atoms with Gasteiger partial charge in [0.2, 0.25) is 0 Å². The smallest absolute Gasteiger partial charge is 0.303 e. The summed E-state index contributed by atoms with van der Waals surface area (Å²) in [4.78, 5) is 45.5. The molecule has 1 rings (SSSR count). The highest BCUT2D eigenvalue weighted by molar-refractivity contribution is 9.09. The van der Waals surface area contributed by atoms with E-state index in [1.807, 2.05) is 0 Å². The highest BCUT2D eigenvalue weighted by atomic mass is 79.9. The van der Waals surface area contributed by atoms with E-state index in [1.54, 1.807) is 6.92 Å². The molecule has 0 aromatic rings. The number of hydrogen-bond donors (Lipinski definition) is 0. The van der Waals surface area contributed by atoms with Crippen LogP contribution in [0.15, 0.2) is 0 Å². The Kier molecular flexibility index (Phi) is 8.48. The number of ether oxygens (including phenoxy) is 5. The standard InChI is InChI=1S/C16H23BrO9/c1-7(17)13-15(24-10(4)20)16(25-11(5)21)14(23-9(3)19)12(26-13)6-22-8(2)18/h7,12-16H,6H2,1-5H3/t7?,12-,13+,14-,15-,16+/m1/s1. The lowest BCUT2D eigenvalue weighted by Gasteiger charge is -2.45. The van der Waals surface area contributed by atoms with Gasteiger partial charge < -0.3 is 23.7 Å². The van der Waals surface area contributed by atoms with E-state index in [-0.39, 0.29) is 11.4 Å². The normalized spacial score (nSPS) is 29.2. The van der Waals surface area contributed by atoms with Gasteiger partial charge in [-0.3, -0.25) is 19.2 Å². The highest BCUT2D eigenvalue weighted by Crippen LogP contribution is 2.32. The molecule has 6 atom stereocenters. The van der Waals surface area contributed by atoms with E-state index in [0.717, 1.165) is 0 Å². The molecule has 1 unspecified atom stereocenters. The molecule has 0 saturated carbocycles. The number of hydrogen-bond acceptors (Lipinski definition) is 9. The molecule has 26 heavy (non-hydrogen) atoms. The largest absolute Gasteiger partial charge is 0.463 e. The van der Waals surface area contributed by atoms with Crippen molar-refractivity contribution in [3.8, 4) is 0 Å². The van der Waals surface area contributed by atoms with Gasteiger partial charge in [-0.2, -0.15) is 0 Å². The molecular weight excluding hydrogens is 416 g/mol. The molecule has 0 N–H and O–H groups in total. The molecule has 148 valence electrons. The van der Waals surface area contributed by atoms with E-state index >= 15 is 0 Å². The first kappa shape index (κ1) is 22.4. The number of alkyl halides is 1. The van der Waals surface area contributed by atoms with E-state index in [9.17, 15) is 19.2 Å². The molecule has 0 bridgehead atoms. The molecule has 1 heterocycles. The van der Waals surface area contributed by atoms with Crippen molar-refractivity contribution < 1.29 is 42.9 Å². The van der Waals surface area contributed by atoms with Crippen molar-refractivity contribution >= 4 is 39.8 Å². The summed E-state index contributed by atoms with van der Waals surface area (Å²) in [7, 11) is 0. The Labute approximate surface area is 159 Å². The molecule has 9 nitrogen and oxygen atoms in total. The molecule has 10 heteroatoms. The van der Waals surface area contributed by atoms with Gasteiger partial charge >= 0.3 is 23.9 Å². The van der Waals surface area contributed by atoms with Crippen molar-refractivity contribution in [3.05, 3.63) is 0 Å². The van der Waals surface area contributed by atoms with Crippen molar-refractivity contribution in [1.29, 1.82) is 0 Å². The molecule has 1 aliphatic rings. The van der Waals surface area contributed by atoms with E-state index in [1.165, 1.54) is 27.7 Å². The Morgan fingerprint density at radius 1 is 0.846 bits per heavy atom. The zero-order valence-corrected chi connectivity index (χ0v) is 16.8. The van der Waals surface area contributed by atoms with E-state index in [2.05, 4.69) is 15.9 Å². The number of carbonyl (C=O) groups excluding carboxylic acids is 4. The monoisotopic (exact) mass is 438 g/mol. The van der Waals surface area contributed by atoms with E-state index < -0.39 is 54.4 Å². The van der Waals surface area contributed by atoms with Crippen LogP contribution < -0.4 is 0 Å². The summed E-state index contributed by atoms with van der Waals surface area (Å²) < 4.78 is 26.7. The Balaban J connectivity index is 3.27. The zero-order valence-electron chi connectivity index (χ0n) is 15.2. The Bertz CT molecular complexity index is 548. The minimum atomic E-state index is -1.13. The molecule has 0 radical (unpaired) electrons. The van der Waals surface area contributed by atoms with Crippen LogP contribution >= 0.6 is 15.9 Å². The number of esters is 4. The first-order valence-electron chi connectivity index (χ1n) is 7.97. The first-order valence-corrected chi connectivity index (χ1v) is 8.89. The maximum atomic E-state index is 11.6. The first-order chi connectivity index (χ1) is 12.0. The van der Waals surface area contributed by atoms with Gasteiger partial charge in [0.15, 0.2) is 18.3 Å². The van der Waals surface area contributed by atoms with Crippen LogP contribution in [0.25, 0.3) is 0 Å². The molecule has 0 aliphatic carbocycles. The molecule has 1 aliphatic heterocycles. The molecule has 0 aromatic heterocycles. The van der Waals surface area contributed by atoms with Gasteiger partial charge in [-0.25, -0.2) is 0 Å². The Morgan fingerprint density at radius 2 is 1.31 bits per heavy atom. The lowest BCUT2D eigenvalue weighted by atomic mass is 9.93. The number of carbonyl (C=O) groups is 4. The summed E-state index contributed by atoms with van der Waals surface area (Å²) in [6.45, 7) is 6.30. The average Bonchev–Trinajstić information content (AvgIpc) is 2.47. The fraction of sp³-hybridized carbons (Fsp3) is 0.750. The zero-order chi connectivity index (χ0) is 20.0. The fourth-order valence-electron chi connectivity index (χ4n) is 2.63. The van der Waals surface area contributed by atoms with E-state index in [4.69, 9.17) is 23.7 Å². The topological polar surface area (TPSA) is 114 Å². The minimum absolute atomic E-state index is 0.228. The summed E-state index contributed by atoms with van der Waals surface area (Å²) in [5.74, 6) is -2.48. The molecule has 1 saturated heterocycles. The SMILES string of the molecule is CC(=O)OC[C@H]1O[C@@H](C(C)Br)[C@@H](OC(C)=O)[C@@H](OC(C)=O)[C@@H]1OC(C)=O. The summed E-state index contributed by atoms with van der Waals surface area (Å²) in [5, 5.41) is 0. The van der Waals surface area contributed by atoms with Crippen LogP contribution in [0.5, 0.6) is 0 Å². The maximum Gasteiger partial charge on any atom is 0.303 e. The quantitative estimate of drug-likeness (QED) is 0.338. The Morgan fingerprint density at radius 3 is 1.73 bits per heavy atom. The van der Waals surface area contributed by atoms with Gasteiger partial charge in [-0.05, 0) is 6.92 Å². The van der Waals surface area contributed by atoms with Crippen molar-refractivity contribution in [3.63, 3.8) is 0 Å². The third kappa shape index (κ3) is 6.56. The van der Waals surface area contributed by atoms with Gasteiger partial charge in [0, 0.05) is 32.5 Å². The predicted octanol–water partition coefficient (Wildman–Crippen LogP) is 0.895. The van der Waals surface area contributed by atoms with Gasteiger partial charge in [-0.1, -0.05) is 15.9 Å². The van der Waals surface area contributed by atoms with Crippen molar-refractivity contribution in [1.82, 2.24) is 0 Å². The van der Waals surface area contributed by atoms with Crippen LogP contribution in [0, 0.1) is 0 Å². The van der Waals surface area contributed by atoms with Crippen LogP contribution in [0.1, 0.15) is 34.6 Å². The fourth-order valence-corrected chi connectivity index (χ4v) is 3.06. The van der Waals surface area contributed by atoms with Gasteiger partial charge in [0.1, 0.15) is 18.8 Å². The summed E-state index contributed by atoms with van der Waals surface area (Å²) >= 11 is 3.37. The lowest BCUT2D eigenvalue weighted by molar-refractivity contribution is -0.251. The second-order valence-corrected chi connectivity index (χ2v) is 7.29. The molecule has 0 amide bonds. The molecule has 1 fully saturated rings. The van der Waals surface area contributed by atoms with Crippen molar-refractivity contribution in [2.24, 2.45) is 0 Å². The summed E-state index contributed by atoms with van der Waals surface area (Å²) in [5.41, 5.74) is 0. The van der Waals surface area contributed by atoms with Gasteiger partial charge in [-0.15, -0.1) is 0 Å². The predicted molar refractivity (Wildman–Crippen MR) is 90.3 cm³/mol. The highest BCUT2D eigenvalue weighted by Gasteiger charge is 2.53. The maximum absolute atomic E-state index is 11.6. The third-order valence-corrected chi connectivity index (χ3v) is 4.00. The Hall–Kier alpha value is -1.68. The molecule has 0 spiro atoms. The number of halogens is 1. The second-order valence-electron chi connectivity index (χ2n) is 5.84. The molecular formula is C16H23BrO9. The lowest BCUT2D eigenvalue weighted by Crippen LogP contribution is -2.63. The number of rotatable bonds is 6. The van der Waals surface area contributed by atoms with Crippen molar-refractivity contribution in [2.75, 3.05) is 6.61 Å². The molecule has 0 aromatic carbocycles. The van der Waals surface area contributed by atoms with Gasteiger partial charge in [0.05, 0.1) is 0 Å². The summed E-state index contributed by atoms with van der Waals surface area (Å²) in [6.07, 6.45) is -4.93. The van der Waals surface area contributed by atoms with E-state index in [0.29, 0.717) is 0 Å². The van der Waals surface area contributed by atoms with Crippen LogP contribution in [0.4, 0.5) is 0 Å². The van der Waals surface area contributed by atoms with Crippen LogP contribution in [0.3, 0.4) is 0 Å². The second kappa shape index (κ2) is 9.86. The summed E-state index contributed by atoms with van der Waals surface area (Å²) in [6, 6.07) is 0. The average molecular weight is 439 g/mol. The van der Waals surface area contributed by atoms with Crippen molar-refractivity contribution in [2.45, 2.75) is 70.0 Å². The van der Waals surface area contributed by atoms with Crippen LogP contribution in [0.2, 0.25) is 0 Å². The van der Waals surface area contributed by atoms with Gasteiger partial charge in [0.25, 0.3) is 0 Å². The minimum Gasteiger partial charge on any atom is -0.463 e. The van der Waals surface area contributed by atoms with Crippen LogP contribution in [-0.2, 0) is 42.9 Å². The van der Waals surface area contributed by atoms with Crippen LogP contribution in [-0.4, -0.2) is 65.8 Å². The third-order valence-electron chi connectivity index (χ3n) is 3.48.